The Hall–Kier alpha value is -3.55. The van der Waals surface area contributed by atoms with Gasteiger partial charge in [0.25, 0.3) is 0 Å². The number of carbonyl (C=O) groups is 1. The quantitative estimate of drug-likeness (QED) is 0.588. The highest BCUT2D eigenvalue weighted by Gasteiger charge is 2.14. The summed E-state index contributed by atoms with van der Waals surface area (Å²) in [5, 5.41) is 10.5. The van der Waals surface area contributed by atoms with Gasteiger partial charge in [-0.1, -0.05) is 17.2 Å². The van der Waals surface area contributed by atoms with Crippen LogP contribution in [-0.2, 0) is 11.2 Å². The fraction of sp³-hybridized carbons (Fsp3) is 0.286. The van der Waals surface area contributed by atoms with Crippen LogP contribution in [0.2, 0.25) is 0 Å². The summed E-state index contributed by atoms with van der Waals surface area (Å²) < 4.78 is 21.9. The number of hydrogen-bond acceptors (Lipinski definition) is 7. The molecule has 0 spiro atoms. The van der Waals surface area contributed by atoms with E-state index in [4.69, 9.17) is 18.6 Å². The van der Waals surface area contributed by atoms with Gasteiger partial charge in [-0.25, -0.2) is 0 Å². The third-order valence-corrected chi connectivity index (χ3v) is 3.96. The molecule has 0 unspecified atom stereocenters. The maximum absolute atomic E-state index is 12.3. The van der Waals surface area contributed by atoms with Crippen molar-refractivity contribution in [1.82, 2.24) is 10.2 Å². The average molecular weight is 397 g/mol. The largest absolute Gasteiger partial charge is 0.497 e. The molecule has 0 aliphatic rings. The number of nitrogens with zero attached hydrogens (tertiary/aromatic N) is 2. The summed E-state index contributed by atoms with van der Waals surface area (Å²) in [5.41, 5.74) is 1.48. The van der Waals surface area contributed by atoms with Gasteiger partial charge in [0.05, 0.1) is 26.7 Å². The van der Waals surface area contributed by atoms with E-state index in [-0.39, 0.29) is 24.2 Å². The average Bonchev–Trinajstić information content (AvgIpc) is 3.18. The van der Waals surface area contributed by atoms with E-state index in [0.29, 0.717) is 36.0 Å². The molecule has 1 heterocycles. The van der Waals surface area contributed by atoms with Crippen molar-refractivity contribution in [3.8, 4) is 28.7 Å². The minimum atomic E-state index is -0.268. The zero-order valence-electron chi connectivity index (χ0n) is 16.6. The molecule has 3 rings (SSSR count). The van der Waals surface area contributed by atoms with Crippen LogP contribution in [0, 0.1) is 0 Å². The van der Waals surface area contributed by atoms with Gasteiger partial charge in [-0.05, 0) is 49.7 Å². The fourth-order valence-electron chi connectivity index (χ4n) is 2.71. The van der Waals surface area contributed by atoms with Crippen molar-refractivity contribution in [2.45, 2.75) is 20.3 Å². The molecule has 0 bridgehead atoms. The fourth-order valence-corrected chi connectivity index (χ4v) is 2.71. The summed E-state index contributed by atoms with van der Waals surface area (Å²) in [4.78, 5) is 12.3. The van der Waals surface area contributed by atoms with Crippen molar-refractivity contribution in [3.05, 3.63) is 48.0 Å². The SMILES string of the molecule is CCOc1ccc(-c2nnc(NC(=O)Cc3cccc(OC)c3)o2)cc1OCC. The lowest BCUT2D eigenvalue weighted by Gasteiger charge is -2.11. The highest BCUT2D eigenvalue weighted by atomic mass is 16.5. The van der Waals surface area contributed by atoms with Crippen molar-refractivity contribution < 1.29 is 23.4 Å². The van der Waals surface area contributed by atoms with Gasteiger partial charge < -0.3 is 18.6 Å². The number of aromatic nitrogens is 2. The standard InChI is InChI=1S/C21H23N3O5/c1-4-27-17-10-9-15(13-18(17)28-5-2)20-23-24-21(29-20)22-19(25)12-14-7-6-8-16(11-14)26-3/h6-11,13H,4-5,12H2,1-3H3,(H,22,24,25). The normalized spacial score (nSPS) is 10.4. The number of nitrogens with one attached hydrogen (secondary N) is 1. The number of amides is 1. The lowest BCUT2D eigenvalue weighted by atomic mass is 10.1. The smallest absolute Gasteiger partial charge is 0.322 e. The maximum atomic E-state index is 12.3. The Morgan fingerprint density at radius 2 is 1.83 bits per heavy atom. The van der Waals surface area contributed by atoms with Gasteiger partial charge in [-0.15, -0.1) is 5.10 Å². The minimum Gasteiger partial charge on any atom is -0.497 e. The number of rotatable bonds is 9. The van der Waals surface area contributed by atoms with Crippen LogP contribution in [0.3, 0.4) is 0 Å². The molecule has 8 nitrogen and oxygen atoms in total. The monoisotopic (exact) mass is 397 g/mol. The number of anilines is 1. The van der Waals surface area contributed by atoms with E-state index in [1.807, 2.05) is 32.0 Å². The van der Waals surface area contributed by atoms with Gasteiger partial charge in [-0.3, -0.25) is 10.1 Å². The molecule has 8 heteroatoms. The molecule has 0 radical (unpaired) electrons. The molecule has 0 saturated heterocycles. The summed E-state index contributed by atoms with van der Waals surface area (Å²) >= 11 is 0. The maximum Gasteiger partial charge on any atom is 0.322 e. The molecular formula is C21H23N3O5. The first-order valence-corrected chi connectivity index (χ1v) is 9.29. The van der Waals surface area contributed by atoms with Crippen molar-refractivity contribution in [1.29, 1.82) is 0 Å². The second-order valence-electron chi connectivity index (χ2n) is 6.02. The van der Waals surface area contributed by atoms with Crippen molar-refractivity contribution >= 4 is 11.9 Å². The number of benzene rings is 2. The van der Waals surface area contributed by atoms with Crippen LogP contribution in [0.4, 0.5) is 6.01 Å². The predicted octanol–water partition coefficient (Wildman–Crippen LogP) is 3.72. The summed E-state index contributed by atoms with van der Waals surface area (Å²) in [6.45, 7) is 4.83. The van der Waals surface area contributed by atoms with Crippen molar-refractivity contribution in [2.24, 2.45) is 0 Å². The van der Waals surface area contributed by atoms with E-state index in [1.54, 1.807) is 31.4 Å². The zero-order valence-corrected chi connectivity index (χ0v) is 16.6. The number of ether oxygens (including phenoxy) is 3. The highest BCUT2D eigenvalue weighted by molar-refractivity contribution is 5.90. The molecule has 1 N–H and O–H groups in total. The lowest BCUT2D eigenvalue weighted by Crippen LogP contribution is -2.14. The molecule has 3 aromatic rings. The van der Waals surface area contributed by atoms with E-state index < -0.39 is 0 Å². The van der Waals surface area contributed by atoms with E-state index >= 15 is 0 Å². The Morgan fingerprint density at radius 3 is 2.59 bits per heavy atom. The molecule has 1 aromatic heterocycles. The Morgan fingerprint density at radius 1 is 1.03 bits per heavy atom. The molecule has 29 heavy (non-hydrogen) atoms. The van der Waals surface area contributed by atoms with Gasteiger partial charge in [-0.2, -0.15) is 0 Å². The van der Waals surface area contributed by atoms with Crippen molar-refractivity contribution in [2.75, 3.05) is 25.6 Å². The van der Waals surface area contributed by atoms with Crippen LogP contribution < -0.4 is 19.5 Å². The van der Waals surface area contributed by atoms with E-state index in [9.17, 15) is 4.79 Å². The van der Waals surface area contributed by atoms with Crippen LogP contribution in [0.5, 0.6) is 17.2 Å². The van der Waals surface area contributed by atoms with Crippen LogP contribution in [0.1, 0.15) is 19.4 Å². The summed E-state index contributed by atoms with van der Waals surface area (Å²) in [6.07, 6.45) is 0.159. The molecule has 2 aromatic carbocycles. The third kappa shape index (κ3) is 5.25. The predicted molar refractivity (Wildman–Crippen MR) is 107 cm³/mol. The highest BCUT2D eigenvalue weighted by Crippen LogP contribution is 2.32. The first kappa shape index (κ1) is 20.2. The van der Waals surface area contributed by atoms with Crippen molar-refractivity contribution in [3.63, 3.8) is 0 Å². The Balaban J connectivity index is 1.70. The number of carbonyl (C=O) groups excluding carboxylic acids is 1. The van der Waals surface area contributed by atoms with Gasteiger partial charge in [0.15, 0.2) is 11.5 Å². The molecule has 0 aliphatic heterocycles. The van der Waals surface area contributed by atoms with Crippen LogP contribution in [0.25, 0.3) is 11.5 Å². The van der Waals surface area contributed by atoms with Gasteiger partial charge >= 0.3 is 6.01 Å². The molecule has 0 atom stereocenters. The first-order chi connectivity index (χ1) is 14.1. The minimum absolute atomic E-state index is 0.0275. The second kappa shape index (κ2) is 9.59. The van der Waals surface area contributed by atoms with E-state index in [1.165, 1.54) is 0 Å². The topological polar surface area (TPSA) is 95.7 Å². The molecule has 0 aliphatic carbocycles. The Kier molecular flexibility index (Phi) is 6.67. The Labute approximate surface area is 168 Å². The van der Waals surface area contributed by atoms with Gasteiger partial charge in [0, 0.05) is 5.56 Å². The number of methoxy groups -OCH3 is 1. The summed E-state index contributed by atoms with van der Waals surface area (Å²) in [6, 6.07) is 12.7. The van der Waals surface area contributed by atoms with Crippen LogP contribution in [-0.4, -0.2) is 36.4 Å². The Bertz CT molecular complexity index is 970. The van der Waals surface area contributed by atoms with E-state index in [2.05, 4.69) is 15.5 Å². The van der Waals surface area contributed by atoms with E-state index in [0.717, 1.165) is 5.56 Å². The third-order valence-electron chi connectivity index (χ3n) is 3.96. The lowest BCUT2D eigenvalue weighted by molar-refractivity contribution is -0.115. The summed E-state index contributed by atoms with van der Waals surface area (Å²) in [5.74, 6) is 1.93. The van der Waals surface area contributed by atoms with Gasteiger partial charge in [0.1, 0.15) is 5.75 Å². The molecular weight excluding hydrogens is 374 g/mol. The van der Waals surface area contributed by atoms with Gasteiger partial charge in [0.2, 0.25) is 11.8 Å². The zero-order chi connectivity index (χ0) is 20.6. The first-order valence-electron chi connectivity index (χ1n) is 9.29. The number of hydrogen-bond donors (Lipinski definition) is 1. The van der Waals surface area contributed by atoms with Crippen LogP contribution in [0.15, 0.2) is 46.9 Å². The summed E-state index contributed by atoms with van der Waals surface area (Å²) in [7, 11) is 1.58. The molecule has 152 valence electrons. The van der Waals surface area contributed by atoms with Crippen LogP contribution >= 0.6 is 0 Å². The molecule has 0 fully saturated rings. The second-order valence-corrected chi connectivity index (χ2v) is 6.02. The molecule has 1 amide bonds. The molecule has 0 saturated carbocycles.